The number of aryl methyl sites for hydroxylation is 1. The van der Waals surface area contributed by atoms with Crippen molar-refractivity contribution in [2.24, 2.45) is 5.92 Å². The van der Waals surface area contributed by atoms with Crippen LogP contribution in [0.2, 0.25) is 0 Å². The molecule has 0 radical (unpaired) electrons. The summed E-state index contributed by atoms with van der Waals surface area (Å²) in [6.45, 7) is 4.52. The van der Waals surface area contributed by atoms with Gasteiger partial charge in [-0.2, -0.15) is 5.10 Å². The average molecular weight is 329 g/mol. The lowest BCUT2D eigenvalue weighted by molar-refractivity contribution is 0.0742. The molecule has 0 fully saturated rings. The zero-order valence-corrected chi connectivity index (χ0v) is 13.7. The van der Waals surface area contributed by atoms with Crippen LogP contribution in [-0.4, -0.2) is 61.4 Å². The fourth-order valence-corrected chi connectivity index (χ4v) is 3.27. The largest absolute Gasteiger partial charge is 0.350 e. The van der Waals surface area contributed by atoms with E-state index < -0.39 is 0 Å². The first-order chi connectivity index (χ1) is 11.5. The molecule has 4 rings (SSSR count). The lowest BCUT2D eigenvalue weighted by Crippen LogP contribution is -2.37. The van der Waals surface area contributed by atoms with Crippen molar-refractivity contribution < 1.29 is 9.59 Å². The van der Waals surface area contributed by atoms with Gasteiger partial charge in [-0.25, -0.2) is 0 Å². The van der Waals surface area contributed by atoms with Crippen molar-refractivity contribution in [1.82, 2.24) is 34.8 Å². The SMILES string of the molecule is Cc1nnc2n1CC(CNC(=O)c1cc3n(n1)CCN(C)C3=O)C2. The third-order valence-corrected chi connectivity index (χ3v) is 4.70. The van der Waals surface area contributed by atoms with Crippen molar-refractivity contribution in [3.05, 3.63) is 29.1 Å². The van der Waals surface area contributed by atoms with E-state index >= 15 is 0 Å². The van der Waals surface area contributed by atoms with Crippen LogP contribution in [0.4, 0.5) is 0 Å². The van der Waals surface area contributed by atoms with Crippen LogP contribution in [0, 0.1) is 12.8 Å². The second-order valence-electron chi connectivity index (χ2n) is 6.42. The van der Waals surface area contributed by atoms with Gasteiger partial charge >= 0.3 is 0 Å². The Bertz CT molecular complexity index is 822. The van der Waals surface area contributed by atoms with Crippen LogP contribution in [0.1, 0.15) is 32.6 Å². The van der Waals surface area contributed by atoms with Crippen molar-refractivity contribution in [3.63, 3.8) is 0 Å². The average Bonchev–Trinajstić information content (AvgIpc) is 3.25. The zero-order valence-electron chi connectivity index (χ0n) is 13.7. The molecule has 0 saturated heterocycles. The van der Waals surface area contributed by atoms with E-state index in [1.165, 1.54) is 0 Å². The van der Waals surface area contributed by atoms with E-state index in [-0.39, 0.29) is 11.8 Å². The fraction of sp³-hybridized carbons (Fsp3) is 0.533. The van der Waals surface area contributed by atoms with Crippen molar-refractivity contribution in [2.45, 2.75) is 26.4 Å². The van der Waals surface area contributed by atoms with E-state index in [0.29, 0.717) is 36.9 Å². The Labute approximate surface area is 138 Å². The highest BCUT2D eigenvalue weighted by Crippen LogP contribution is 2.19. The molecule has 2 amide bonds. The number of fused-ring (bicyclic) bond motifs is 2. The number of hydrogen-bond acceptors (Lipinski definition) is 5. The number of aromatic nitrogens is 5. The van der Waals surface area contributed by atoms with Gasteiger partial charge < -0.3 is 14.8 Å². The second kappa shape index (κ2) is 5.43. The third-order valence-electron chi connectivity index (χ3n) is 4.70. The minimum Gasteiger partial charge on any atom is -0.350 e. The Morgan fingerprint density at radius 1 is 1.38 bits per heavy atom. The molecule has 0 saturated carbocycles. The summed E-state index contributed by atoms with van der Waals surface area (Å²) in [5, 5.41) is 15.3. The summed E-state index contributed by atoms with van der Waals surface area (Å²) in [7, 11) is 1.75. The highest BCUT2D eigenvalue weighted by molar-refractivity contribution is 5.98. The molecule has 0 aromatic carbocycles. The van der Waals surface area contributed by atoms with Crippen LogP contribution in [0.15, 0.2) is 6.07 Å². The number of likely N-dealkylation sites (N-methyl/N-ethyl adjacent to an activating group) is 1. The number of carbonyl (C=O) groups is 2. The topological polar surface area (TPSA) is 97.9 Å². The second-order valence-corrected chi connectivity index (χ2v) is 6.42. The lowest BCUT2D eigenvalue weighted by Gasteiger charge is -2.22. The number of amides is 2. The van der Waals surface area contributed by atoms with Crippen molar-refractivity contribution >= 4 is 11.8 Å². The van der Waals surface area contributed by atoms with Gasteiger partial charge in [0.2, 0.25) is 0 Å². The van der Waals surface area contributed by atoms with E-state index in [1.807, 2.05) is 6.92 Å². The molecule has 126 valence electrons. The maximum Gasteiger partial charge on any atom is 0.271 e. The van der Waals surface area contributed by atoms with E-state index in [1.54, 1.807) is 22.7 Å². The fourth-order valence-electron chi connectivity index (χ4n) is 3.27. The Balaban J connectivity index is 1.39. The third kappa shape index (κ3) is 2.36. The lowest BCUT2D eigenvalue weighted by atomic mass is 10.1. The summed E-state index contributed by atoms with van der Waals surface area (Å²) in [6, 6.07) is 1.57. The first kappa shape index (κ1) is 14.9. The minimum absolute atomic E-state index is 0.100. The van der Waals surface area contributed by atoms with Crippen LogP contribution in [-0.2, 0) is 19.5 Å². The number of carbonyl (C=O) groups excluding carboxylic acids is 2. The first-order valence-corrected chi connectivity index (χ1v) is 8.03. The number of hydrogen-bond donors (Lipinski definition) is 1. The Morgan fingerprint density at radius 2 is 2.21 bits per heavy atom. The monoisotopic (exact) mass is 329 g/mol. The van der Waals surface area contributed by atoms with Crippen LogP contribution in [0.3, 0.4) is 0 Å². The summed E-state index contributed by atoms with van der Waals surface area (Å²) in [4.78, 5) is 26.0. The van der Waals surface area contributed by atoms with E-state index in [4.69, 9.17) is 0 Å². The van der Waals surface area contributed by atoms with Gasteiger partial charge in [0.25, 0.3) is 11.8 Å². The molecule has 1 atom stereocenters. The predicted octanol–water partition coefficient (Wildman–Crippen LogP) is -0.529. The summed E-state index contributed by atoms with van der Waals surface area (Å²) >= 11 is 0. The maximum absolute atomic E-state index is 12.3. The highest BCUT2D eigenvalue weighted by atomic mass is 16.2. The molecule has 1 unspecified atom stereocenters. The van der Waals surface area contributed by atoms with E-state index in [9.17, 15) is 9.59 Å². The van der Waals surface area contributed by atoms with Crippen molar-refractivity contribution in [1.29, 1.82) is 0 Å². The minimum atomic E-state index is -0.244. The molecule has 9 nitrogen and oxygen atoms in total. The Morgan fingerprint density at radius 3 is 3.00 bits per heavy atom. The Hall–Kier alpha value is -2.71. The van der Waals surface area contributed by atoms with Crippen LogP contribution in [0.25, 0.3) is 0 Å². The Kier molecular flexibility index (Phi) is 3.36. The first-order valence-electron chi connectivity index (χ1n) is 8.03. The quantitative estimate of drug-likeness (QED) is 0.816. The highest BCUT2D eigenvalue weighted by Gasteiger charge is 2.27. The molecule has 2 aliphatic heterocycles. The number of rotatable bonds is 3. The zero-order chi connectivity index (χ0) is 16.8. The van der Waals surface area contributed by atoms with Gasteiger partial charge in [-0.05, 0) is 6.92 Å². The van der Waals surface area contributed by atoms with Gasteiger partial charge in [-0.1, -0.05) is 0 Å². The summed E-state index contributed by atoms with van der Waals surface area (Å²) < 4.78 is 3.69. The molecule has 0 bridgehead atoms. The van der Waals surface area contributed by atoms with Gasteiger partial charge in [0.1, 0.15) is 17.3 Å². The van der Waals surface area contributed by atoms with Crippen molar-refractivity contribution in [2.75, 3.05) is 20.1 Å². The van der Waals surface area contributed by atoms with Gasteiger partial charge in [-0.3, -0.25) is 14.3 Å². The summed E-state index contributed by atoms with van der Waals surface area (Å²) in [6.07, 6.45) is 0.810. The van der Waals surface area contributed by atoms with Gasteiger partial charge in [0.15, 0.2) is 5.69 Å². The normalized spacial score (nSPS) is 19.3. The summed E-state index contributed by atoms with van der Waals surface area (Å²) in [5.41, 5.74) is 0.763. The van der Waals surface area contributed by atoms with Gasteiger partial charge in [0.05, 0.1) is 6.54 Å². The predicted molar refractivity (Wildman–Crippen MR) is 83.5 cm³/mol. The van der Waals surface area contributed by atoms with Gasteiger partial charge in [0, 0.05) is 45.1 Å². The van der Waals surface area contributed by atoms with Gasteiger partial charge in [-0.15, -0.1) is 10.2 Å². The number of nitrogens with zero attached hydrogens (tertiary/aromatic N) is 6. The molecule has 0 aliphatic carbocycles. The molecule has 24 heavy (non-hydrogen) atoms. The molecular weight excluding hydrogens is 310 g/mol. The standard InChI is InChI=1S/C15H19N7O2/c1-9-17-18-13-5-10(8-21(9)13)7-16-14(23)11-6-12-15(24)20(2)3-4-22(12)19-11/h6,10H,3-5,7-8H2,1-2H3,(H,16,23). The molecule has 9 heteroatoms. The van der Waals surface area contributed by atoms with E-state index in [2.05, 4.69) is 25.2 Å². The molecule has 4 heterocycles. The van der Waals surface area contributed by atoms with Crippen LogP contribution in [0.5, 0.6) is 0 Å². The molecule has 2 aromatic heterocycles. The number of nitrogens with one attached hydrogen (secondary N) is 1. The van der Waals surface area contributed by atoms with Crippen molar-refractivity contribution in [3.8, 4) is 0 Å². The molecule has 1 N–H and O–H groups in total. The smallest absolute Gasteiger partial charge is 0.271 e. The van der Waals surface area contributed by atoms with E-state index in [0.717, 1.165) is 24.6 Å². The maximum atomic E-state index is 12.3. The molecule has 0 spiro atoms. The summed E-state index contributed by atoms with van der Waals surface area (Å²) in [5.74, 6) is 1.84. The molecule has 2 aromatic rings. The molecule has 2 aliphatic rings. The van der Waals surface area contributed by atoms with Crippen LogP contribution >= 0.6 is 0 Å². The van der Waals surface area contributed by atoms with Crippen LogP contribution < -0.4 is 5.32 Å². The molecular formula is C15H19N7O2.